The summed E-state index contributed by atoms with van der Waals surface area (Å²) in [6.07, 6.45) is 0. The van der Waals surface area contributed by atoms with Gasteiger partial charge in [-0.25, -0.2) is 4.98 Å². The summed E-state index contributed by atoms with van der Waals surface area (Å²) in [5.41, 5.74) is 3.18. The Labute approximate surface area is 120 Å². The lowest BCUT2D eigenvalue weighted by Crippen LogP contribution is -2.18. The van der Waals surface area contributed by atoms with Gasteiger partial charge in [-0.1, -0.05) is 29.8 Å². The molecule has 0 radical (unpaired) electrons. The fourth-order valence-electron chi connectivity index (χ4n) is 2.04. The number of fused-ring (bicyclic) bond motifs is 1. The molecular formula is C15H15N3OS. The van der Waals surface area contributed by atoms with Crippen LogP contribution in [0.4, 0.5) is 0 Å². The number of nitrogens with zero attached hydrogens (tertiary/aromatic N) is 1. The first kappa shape index (κ1) is 13.0. The van der Waals surface area contributed by atoms with Gasteiger partial charge in [0, 0.05) is 6.54 Å². The highest BCUT2D eigenvalue weighted by Gasteiger charge is 2.04. The highest BCUT2D eigenvalue weighted by Crippen LogP contribution is 2.13. The van der Waals surface area contributed by atoms with Crippen LogP contribution in [0.3, 0.4) is 0 Å². The van der Waals surface area contributed by atoms with Crippen LogP contribution in [-0.2, 0) is 13.1 Å². The molecule has 0 aliphatic rings. The third-order valence-electron chi connectivity index (χ3n) is 3.11. The van der Waals surface area contributed by atoms with E-state index >= 15 is 0 Å². The maximum atomic E-state index is 11.8. The molecule has 0 bridgehead atoms. The van der Waals surface area contributed by atoms with Crippen molar-refractivity contribution in [1.29, 1.82) is 0 Å². The molecule has 3 aromatic rings. The Morgan fingerprint density at radius 1 is 1.20 bits per heavy atom. The first-order chi connectivity index (χ1) is 9.72. The number of aromatic nitrogens is 2. The van der Waals surface area contributed by atoms with Crippen molar-refractivity contribution in [3.63, 3.8) is 0 Å². The van der Waals surface area contributed by atoms with Crippen molar-refractivity contribution < 1.29 is 0 Å². The first-order valence-corrected chi connectivity index (χ1v) is 7.33. The van der Waals surface area contributed by atoms with E-state index in [4.69, 9.17) is 0 Å². The summed E-state index contributed by atoms with van der Waals surface area (Å²) in [5, 5.41) is 5.18. The maximum Gasteiger partial charge on any atom is 0.268 e. The van der Waals surface area contributed by atoms with Gasteiger partial charge in [0.15, 0.2) is 0 Å². The van der Waals surface area contributed by atoms with Crippen LogP contribution in [0, 0.1) is 6.92 Å². The van der Waals surface area contributed by atoms with Crippen LogP contribution in [-0.4, -0.2) is 9.97 Å². The molecule has 0 aliphatic heterocycles. The Morgan fingerprint density at radius 2 is 2.00 bits per heavy atom. The molecule has 0 spiro atoms. The SMILES string of the molecule is Cc1ccc(CNCc2nc3ccsc3c(=O)[nH]2)cc1. The third-order valence-corrected chi connectivity index (χ3v) is 4.01. The number of aryl methyl sites for hydroxylation is 1. The quantitative estimate of drug-likeness (QED) is 0.774. The predicted octanol–water partition coefficient (Wildman–Crippen LogP) is 2.58. The lowest BCUT2D eigenvalue weighted by molar-refractivity contribution is 0.663. The van der Waals surface area contributed by atoms with Gasteiger partial charge in [0.05, 0.1) is 12.1 Å². The van der Waals surface area contributed by atoms with E-state index in [2.05, 4.69) is 46.5 Å². The van der Waals surface area contributed by atoms with Crippen LogP contribution in [0.2, 0.25) is 0 Å². The summed E-state index contributed by atoms with van der Waals surface area (Å²) in [4.78, 5) is 19.1. The second-order valence-corrected chi connectivity index (χ2v) is 5.65. The zero-order valence-electron chi connectivity index (χ0n) is 11.1. The van der Waals surface area contributed by atoms with Gasteiger partial charge in [0.1, 0.15) is 10.5 Å². The minimum atomic E-state index is -0.0582. The molecule has 102 valence electrons. The number of thiophene rings is 1. The smallest absolute Gasteiger partial charge is 0.268 e. The van der Waals surface area contributed by atoms with E-state index in [1.54, 1.807) is 0 Å². The molecule has 5 heteroatoms. The summed E-state index contributed by atoms with van der Waals surface area (Å²) in [6, 6.07) is 10.3. The Hall–Kier alpha value is -1.98. The fraction of sp³-hybridized carbons (Fsp3) is 0.200. The highest BCUT2D eigenvalue weighted by atomic mass is 32.1. The van der Waals surface area contributed by atoms with Crippen molar-refractivity contribution in [1.82, 2.24) is 15.3 Å². The van der Waals surface area contributed by atoms with Gasteiger partial charge in [-0.2, -0.15) is 0 Å². The van der Waals surface area contributed by atoms with Gasteiger partial charge in [-0.15, -0.1) is 11.3 Å². The minimum absolute atomic E-state index is 0.0582. The number of hydrogen-bond acceptors (Lipinski definition) is 4. The number of benzene rings is 1. The molecule has 2 N–H and O–H groups in total. The van der Waals surface area contributed by atoms with E-state index in [1.165, 1.54) is 22.5 Å². The molecular weight excluding hydrogens is 270 g/mol. The average Bonchev–Trinajstić information content (AvgIpc) is 2.90. The molecule has 20 heavy (non-hydrogen) atoms. The van der Waals surface area contributed by atoms with Gasteiger partial charge >= 0.3 is 0 Å². The number of rotatable bonds is 4. The predicted molar refractivity (Wildman–Crippen MR) is 82.0 cm³/mol. The van der Waals surface area contributed by atoms with Crippen LogP contribution in [0.1, 0.15) is 17.0 Å². The van der Waals surface area contributed by atoms with Crippen molar-refractivity contribution in [2.24, 2.45) is 0 Å². The van der Waals surface area contributed by atoms with E-state index < -0.39 is 0 Å². The molecule has 3 rings (SSSR count). The van der Waals surface area contributed by atoms with Gasteiger partial charge in [-0.05, 0) is 23.9 Å². The molecule has 1 aromatic carbocycles. The summed E-state index contributed by atoms with van der Waals surface area (Å²) >= 11 is 1.42. The van der Waals surface area contributed by atoms with Gasteiger partial charge in [-0.3, -0.25) is 4.79 Å². The van der Waals surface area contributed by atoms with Crippen LogP contribution in [0.15, 0.2) is 40.5 Å². The summed E-state index contributed by atoms with van der Waals surface area (Å²) in [7, 11) is 0. The van der Waals surface area contributed by atoms with Crippen molar-refractivity contribution >= 4 is 21.6 Å². The Morgan fingerprint density at radius 3 is 2.80 bits per heavy atom. The molecule has 0 atom stereocenters. The Balaban J connectivity index is 1.67. The molecule has 0 fully saturated rings. The van der Waals surface area contributed by atoms with Crippen LogP contribution in [0.5, 0.6) is 0 Å². The zero-order valence-corrected chi connectivity index (χ0v) is 12.0. The molecule has 0 saturated heterocycles. The monoisotopic (exact) mass is 285 g/mol. The number of H-pyrrole nitrogens is 1. The lowest BCUT2D eigenvalue weighted by atomic mass is 10.1. The van der Waals surface area contributed by atoms with E-state index in [1.807, 2.05) is 11.4 Å². The fourth-order valence-corrected chi connectivity index (χ4v) is 2.76. The number of hydrogen-bond donors (Lipinski definition) is 2. The summed E-state index contributed by atoms with van der Waals surface area (Å²) in [6.45, 7) is 3.38. The van der Waals surface area contributed by atoms with Crippen molar-refractivity contribution in [2.45, 2.75) is 20.0 Å². The molecule has 2 aromatic heterocycles. The topological polar surface area (TPSA) is 57.8 Å². The second-order valence-electron chi connectivity index (χ2n) is 4.74. The van der Waals surface area contributed by atoms with Gasteiger partial charge < -0.3 is 10.3 Å². The average molecular weight is 285 g/mol. The van der Waals surface area contributed by atoms with E-state index in [0.29, 0.717) is 17.1 Å². The van der Waals surface area contributed by atoms with E-state index in [0.717, 1.165) is 12.1 Å². The molecule has 0 unspecified atom stereocenters. The Kier molecular flexibility index (Phi) is 3.62. The van der Waals surface area contributed by atoms with Crippen LogP contribution in [0.25, 0.3) is 10.2 Å². The minimum Gasteiger partial charge on any atom is -0.308 e. The molecule has 0 aliphatic carbocycles. The van der Waals surface area contributed by atoms with Crippen molar-refractivity contribution in [3.8, 4) is 0 Å². The lowest BCUT2D eigenvalue weighted by Gasteiger charge is -2.05. The van der Waals surface area contributed by atoms with Gasteiger partial charge in [0.2, 0.25) is 0 Å². The highest BCUT2D eigenvalue weighted by molar-refractivity contribution is 7.17. The zero-order chi connectivity index (χ0) is 13.9. The van der Waals surface area contributed by atoms with E-state index in [9.17, 15) is 4.79 Å². The van der Waals surface area contributed by atoms with Gasteiger partial charge in [0.25, 0.3) is 5.56 Å². The van der Waals surface area contributed by atoms with Crippen LogP contribution < -0.4 is 10.9 Å². The first-order valence-electron chi connectivity index (χ1n) is 6.45. The van der Waals surface area contributed by atoms with Crippen molar-refractivity contribution in [2.75, 3.05) is 0 Å². The molecule has 0 saturated carbocycles. The molecule has 4 nitrogen and oxygen atoms in total. The van der Waals surface area contributed by atoms with E-state index in [-0.39, 0.29) is 5.56 Å². The summed E-state index contributed by atoms with van der Waals surface area (Å²) in [5.74, 6) is 0.674. The third kappa shape index (κ3) is 2.79. The molecule has 0 amide bonds. The van der Waals surface area contributed by atoms with Crippen molar-refractivity contribution in [3.05, 3.63) is 63.0 Å². The largest absolute Gasteiger partial charge is 0.308 e. The Bertz CT molecular complexity index is 774. The number of nitrogens with one attached hydrogen (secondary N) is 2. The summed E-state index contributed by atoms with van der Waals surface area (Å²) < 4.78 is 0.687. The maximum absolute atomic E-state index is 11.8. The second kappa shape index (κ2) is 5.56. The number of aromatic amines is 1. The molecule has 2 heterocycles. The van der Waals surface area contributed by atoms with Crippen LogP contribution >= 0.6 is 11.3 Å². The standard InChI is InChI=1S/C15H15N3OS/c1-10-2-4-11(5-3-10)8-16-9-13-17-12-6-7-20-14(12)15(19)18-13/h2-7,16H,8-9H2,1H3,(H,17,18,19). The normalized spacial score (nSPS) is 11.1.